The Morgan fingerprint density at radius 1 is 1.30 bits per heavy atom. The predicted octanol–water partition coefficient (Wildman–Crippen LogP) is 1.52. The number of amides is 2. The predicted molar refractivity (Wildman–Crippen MR) is 81.8 cm³/mol. The third-order valence-corrected chi connectivity index (χ3v) is 5.24. The molecule has 1 aromatic rings. The highest BCUT2D eigenvalue weighted by molar-refractivity contribution is 5.93. The summed E-state index contributed by atoms with van der Waals surface area (Å²) >= 11 is 0. The van der Waals surface area contributed by atoms with Gasteiger partial charge in [0.2, 0.25) is 5.91 Å². The van der Waals surface area contributed by atoms with E-state index in [0.717, 1.165) is 19.4 Å². The first-order valence-electron chi connectivity index (χ1n) is 8.38. The van der Waals surface area contributed by atoms with Crippen molar-refractivity contribution in [2.75, 3.05) is 32.8 Å². The van der Waals surface area contributed by atoms with Gasteiger partial charge in [0.25, 0.3) is 5.91 Å². The van der Waals surface area contributed by atoms with E-state index in [0.29, 0.717) is 31.1 Å². The summed E-state index contributed by atoms with van der Waals surface area (Å²) in [6.07, 6.45) is 7.05. The second-order valence-electron chi connectivity index (χ2n) is 6.99. The zero-order chi connectivity index (χ0) is 15.9. The van der Waals surface area contributed by atoms with E-state index in [4.69, 9.17) is 9.15 Å². The number of piperidine rings is 1. The lowest BCUT2D eigenvalue weighted by atomic mass is 9.89. The average molecular weight is 318 g/mol. The lowest BCUT2D eigenvalue weighted by Gasteiger charge is -2.47. The molecule has 0 atom stereocenters. The summed E-state index contributed by atoms with van der Waals surface area (Å²) in [5.41, 5.74) is 0.326. The summed E-state index contributed by atoms with van der Waals surface area (Å²) < 4.78 is 10.9. The molecule has 124 valence electrons. The SMILES string of the molecule is O=C1COC2(CCN(C(=O)c3ccoc3)CC2)CN1CC1CC1. The molecule has 3 fully saturated rings. The third-order valence-electron chi connectivity index (χ3n) is 5.24. The number of ether oxygens (including phenoxy) is 1. The van der Waals surface area contributed by atoms with Gasteiger partial charge in [-0.1, -0.05) is 0 Å². The van der Waals surface area contributed by atoms with Crippen LogP contribution in [0.1, 0.15) is 36.0 Å². The van der Waals surface area contributed by atoms with Gasteiger partial charge in [-0.05, 0) is 37.7 Å². The molecule has 0 N–H and O–H groups in total. The second-order valence-corrected chi connectivity index (χ2v) is 6.99. The number of hydrogen-bond donors (Lipinski definition) is 0. The number of likely N-dealkylation sites (tertiary alicyclic amines) is 1. The van der Waals surface area contributed by atoms with E-state index in [2.05, 4.69) is 0 Å². The Balaban J connectivity index is 1.38. The van der Waals surface area contributed by atoms with Gasteiger partial charge < -0.3 is 19.0 Å². The Hall–Kier alpha value is -1.82. The first-order chi connectivity index (χ1) is 11.2. The lowest BCUT2D eigenvalue weighted by Crippen LogP contribution is -2.59. The van der Waals surface area contributed by atoms with Crippen molar-refractivity contribution in [1.29, 1.82) is 0 Å². The van der Waals surface area contributed by atoms with Gasteiger partial charge in [-0.2, -0.15) is 0 Å². The van der Waals surface area contributed by atoms with Crippen molar-refractivity contribution in [1.82, 2.24) is 9.80 Å². The fraction of sp³-hybridized carbons (Fsp3) is 0.647. The minimum atomic E-state index is -0.268. The summed E-state index contributed by atoms with van der Waals surface area (Å²) in [5, 5.41) is 0. The Kier molecular flexibility index (Phi) is 3.64. The molecule has 2 amide bonds. The fourth-order valence-corrected chi connectivity index (χ4v) is 3.55. The molecule has 3 aliphatic rings. The standard InChI is InChI=1S/C17H22N2O4/c20-15-11-23-17(12-19(15)9-13-1-2-13)4-6-18(7-5-17)16(21)14-3-8-22-10-14/h3,8,10,13H,1-2,4-7,9,11-12H2. The molecular formula is C17H22N2O4. The minimum absolute atomic E-state index is 0.00956. The van der Waals surface area contributed by atoms with Crippen LogP contribution >= 0.6 is 0 Å². The molecule has 0 radical (unpaired) electrons. The van der Waals surface area contributed by atoms with Gasteiger partial charge in [-0.15, -0.1) is 0 Å². The van der Waals surface area contributed by atoms with Crippen molar-refractivity contribution < 1.29 is 18.7 Å². The van der Waals surface area contributed by atoms with Crippen LogP contribution < -0.4 is 0 Å². The van der Waals surface area contributed by atoms with Crippen molar-refractivity contribution >= 4 is 11.8 Å². The van der Waals surface area contributed by atoms with Crippen molar-refractivity contribution in [2.24, 2.45) is 5.92 Å². The van der Waals surface area contributed by atoms with E-state index < -0.39 is 0 Å². The van der Waals surface area contributed by atoms with Gasteiger partial charge in [0, 0.05) is 26.2 Å². The van der Waals surface area contributed by atoms with Crippen molar-refractivity contribution in [2.45, 2.75) is 31.3 Å². The van der Waals surface area contributed by atoms with Crippen LogP contribution in [-0.4, -0.2) is 60.0 Å². The van der Waals surface area contributed by atoms with Crippen molar-refractivity contribution in [3.05, 3.63) is 24.2 Å². The Bertz CT molecular complexity index is 586. The van der Waals surface area contributed by atoms with E-state index in [9.17, 15) is 9.59 Å². The number of nitrogens with zero attached hydrogens (tertiary/aromatic N) is 2. The van der Waals surface area contributed by atoms with E-state index >= 15 is 0 Å². The van der Waals surface area contributed by atoms with Crippen molar-refractivity contribution in [3.63, 3.8) is 0 Å². The smallest absolute Gasteiger partial charge is 0.257 e. The monoisotopic (exact) mass is 318 g/mol. The number of hydrogen-bond acceptors (Lipinski definition) is 4. The molecule has 1 aromatic heterocycles. The van der Waals surface area contributed by atoms with Crippen LogP contribution in [0.5, 0.6) is 0 Å². The van der Waals surface area contributed by atoms with Crippen LogP contribution in [0, 0.1) is 5.92 Å². The first-order valence-corrected chi connectivity index (χ1v) is 8.38. The fourth-order valence-electron chi connectivity index (χ4n) is 3.55. The molecule has 23 heavy (non-hydrogen) atoms. The first kappa shape index (κ1) is 14.8. The molecule has 2 saturated heterocycles. The normalized spacial score (nSPS) is 24.3. The summed E-state index contributed by atoms with van der Waals surface area (Å²) in [4.78, 5) is 28.2. The molecular weight excluding hydrogens is 296 g/mol. The lowest BCUT2D eigenvalue weighted by molar-refractivity contribution is -0.170. The van der Waals surface area contributed by atoms with E-state index in [1.807, 2.05) is 9.80 Å². The van der Waals surface area contributed by atoms with Gasteiger partial charge in [0.1, 0.15) is 12.9 Å². The molecule has 4 rings (SSSR count). The van der Waals surface area contributed by atoms with E-state index in [1.54, 1.807) is 6.07 Å². The quantitative estimate of drug-likeness (QED) is 0.848. The molecule has 3 heterocycles. The summed E-state index contributed by atoms with van der Waals surface area (Å²) in [6.45, 7) is 3.06. The number of carbonyl (C=O) groups is 2. The number of rotatable bonds is 3. The van der Waals surface area contributed by atoms with Gasteiger partial charge >= 0.3 is 0 Å². The number of furan rings is 1. The molecule has 1 spiro atoms. The van der Waals surface area contributed by atoms with Crippen LogP contribution in [0.2, 0.25) is 0 Å². The second kappa shape index (κ2) is 5.67. The van der Waals surface area contributed by atoms with Gasteiger partial charge in [-0.25, -0.2) is 0 Å². The van der Waals surface area contributed by atoms with E-state index in [-0.39, 0.29) is 24.0 Å². The van der Waals surface area contributed by atoms with Crippen LogP contribution in [0.4, 0.5) is 0 Å². The molecule has 6 nitrogen and oxygen atoms in total. The van der Waals surface area contributed by atoms with Gasteiger partial charge in [0.05, 0.1) is 17.4 Å². The number of morpholine rings is 1. The van der Waals surface area contributed by atoms with Crippen LogP contribution in [0.3, 0.4) is 0 Å². The Morgan fingerprint density at radius 2 is 2.09 bits per heavy atom. The minimum Gasteiger partial charge on any atom is -0.472 e. The summed E-state index contributed by atoms with van der Waals surface area (Å²) in [6, 6.07) is 1.69. The van der Waals surface area contributed by atoms with Crippen LogP contribution in [-0.2, 0) is 9.53 Å². The summed E-state index contributed by atoms with van der Waals surface area (Å²) in [7, 11) is 0. The number of carbonyl (C=O) groups excluding carboxylic acids is 2. The van der Waals surface area contributed by atoms with Crippen LogP contribution in [0.15, 0.2) is 23.0 Å². The maximum atomic E-state index is 12.4. The maximum Gasteiger partial charge on any atom is 0.257 e. The maximum absolute atomic E-state index is 12.4. The van der Waals surface area contributed by atoms with E-state index in [1.165, 1.54) is 25.4 Å². The highest BCUT2D eigenvalue weighted by atomic mass is 16.5. The van der Waals surface area contributed by atoms with Gasteiger partial charge in [0.15, 0.2) is 0 Å². The molecule has 6 heteroatoms. The molecule has 1 saturated carbocycles. The zero-order valence-electron chi connectivity index (χ0n) is 13.2. The molecule has 1 aliphatic carbocycles. The topological polar surface area (TPSA) is 63.0 Å². The largest absolute Gasteiger partial charge is 0.472 e. The highest BCUT2D eigenvalue weighted by Crippen LogP contribution is 2.35. The zero-order valence-corrected chi connectivity index (χ0v) is 13.2. The Morgan fingerprint density at radius 3 is 2.74 bits per heavy atom. The van der Waals surface area contributed by atoms with Crippen molar-refractivity contribution in [3.8, 4) is 0 Å². The summed E-state index contributed by atoms with van der Waals surface area (Å²) in [5.74, 6) is 0.812. The highest BCUT2D eigenvalue weighted by Gasteiger charge is 2.44. The van der Waals surface area contributed by atoms with Crippen LogP contribution in [0.25, 0.3) is 0 Å². The average Bonchev–Trinajstić information content (AvgIpc) is 3.21. The molecule has 0 aromatic carbocycles. The molecule has 2 aliphatic heterocycles. The van der Waals surface area contributed by atoms with Gasteiger partial charge in [-0.3, -0.25) is 9.59 Å². The Labute approximate surface area is 135 Å². The molecule has 0 unspecified atom stereocenters. The third kappa shape index (κ3) is 3.00. The molecule has 0 bridgehead atoms.